The Morgan fingerprint density at radius 2 is 2.00 bits per heavy atom. The maximum atomic E-state index is 5.49. The first-order valence-electron chi connectivity index (χ1n) is 9.72. The van der Waals surface area contributed by atoms with Gasteiger partial charge in [-0.15, -0.1) is 11.3 Å². The summed E-state index contributed by atoms with van der Waals surface area (Å²) in [5.74, 6) is 2.38. The standard InChI is InChI=1S/C21H19N7O2S/c1-2-29-21-27-19(22-12-14-5-3-9-30-14)26-20(28-21)23-13-7-8-15-16(11-13)25-18(24-15)17-6-4-10-31-17/h3-11H,2,12H2,1H3,(H,24,25)(H2,22,23,26,27,28). The molecule has 0 bridgehead atoms. The Bertz CT molecular complexity index is 1280. The molecule has 3 N–H and O–H groups in total. The second-order valence-corrected chi connectivity index (χ2v) is 7.50. The van der Waals surface area contributed by atoms with Gasteiger partial charge in [0.05, 0.1) is 35.3 Å². The SMILES string of the molecule is CCOc1nc(NCc2ccco2)nc(Nc2ccc3[nH]c(-c4cccs4)nc3c2)n1. The molecule has 1 aromatic carbocycles. The summed E-state index contributed by atoms with van der Waals surface area (Å²) in [6, 6.07) is 13.9. The molecule has 0 saturated heterocycles. The van der Waals surface area contributed by atoms with Gasteiger partial charge in [0.25, 0.3) is 0 Å². The van der Waals surface area contributed by atoms with Crippen molar-refractivity contribution >= 4 is 40.0 Å². The van der Waals surface area contributed by atoms with Crippen molar-refractivity contribution in [3.05, 3.63) is 59.9 Å². The fraction of sp³-hybridized carbons (Fsp3) is 0.143. The summed E-state index contributed by atoms with van der Waals surface area (Å²) in [4.78, 5) is 22.2. The van der Waals surface area contributed by atoms with Gasteiger partial charge in [0.1, 0.15) is 11.6 Å². The lowest BCUT2D eigenvalue weighted by atomic mass is 10.3. The molecule has 0 atom stereocenters. The van der Waals surface area contributed by atoms with Crippen molar-refractivity contribution in [2.24, 2.45) is 0 Å². The highest BCUT2D eigenvalue weighted by atomic mass is 32.1. The summed E-state index contributed by atoms with van der Waals surface area (Å²) in [6.07, 6.45) is 1.62. The van der Waals surface area contributed by atoms with Crippen LogP contribution in [0.1, 0.15) is 12.7 Å². The number of H-pyrrole nitrogens is 1. The first-order chi connectivity index (χ1) is 15.3. The molecule has 0 fully saturated rings. The molecule has 31 heavy (non-hydrogen) atoms. The van der Waals surface area contributed by atoms with E-state index < -0.39 is 0 Å². The highest BCUT2D eigenvalue weighted by Gasteiger charge is 2.11. The first-order valence-corrected chi connectivity index (χ1v) is 10.6. The number of imidazole rings is 1. The van der Waals surface area contributed by atoms with E-state index in [0.29, 0.717) is 25.0 Å². The molecule has 0 spiro atoms. The van der Waals surface area contributed by atoms with Crippen molar-refractivity contribution in [1.29, 1.82) is 0 Å². The summed E-state index contributed by atoms with van der Waals surface area (Å²) in [5.41, 5.74) is 2.62. The molecule has 0 saturated carbocycles. The molecule has 0 aliphatic carbocycles. The molecule has 4 aromatic heterocycles. The minimum atomic E-state index is 0.239. The summed E-state index contributed by atoms with van der Waals surface area (Å²) >= 11 is 1.65. The van der Waals surface area contributed by atoms with E-state index in [4.69, 9.17) is 14.1 Å². The number of hydrogen-bond donors (Lipinski definition) is 3. The molecular formula is C21H19N7O2S. The van der Waals surface area contributed by atoms with Crippen molar-refractivity contribution in [1.82, 2.24) is 24.9 Å². The van der Waals surface area contributed by atoms with Gasteiger partial charge in [-0.25, -0.2) is 4.98 Å². The molecular weight excluding hydrogens is 414 g/mol. The van der Waals surface area contributed by atoms with Crippen LogP contribution in [0, 0.1) is 0 Å². The maximum absolute atomic E-state index is 5.49. The van der Waals surface area contributed by atoms with E-state index >= 15 is 0 Å². The number of nitrogens with one attached hydrogen (secondary N) is 3. The van der Waals surface area contributed by atoms with Gasteiger partial charge in [-0.1, -0.05) is 6.07 Å². The van der Waals surface area contributed by atoms with Gasteiger partial charge in [-0.2, -0.15) is 15.0 Å². The van der Waals surface area contributed by atoms with Crippen LogP contribution in [-0.4, -0.2) is 31.5 Å². The Morgan fingerprint density at radius 1 is 1.06 bits per heavy atom. The molecule has 5 aromatic rings. The molecule has 4 heterocycles. The van der Waals surface area contributed by atoms with Crippen LogP contribution in [-0.2, 0) is 6.54 Å². The Balaban J connectivity index is 1.39. The number of fused-ring (bicyclic) bond motifs is 1. The number of nitrogens with zero attached hydrogens (tertiary/aromatic N) is 4. The van der Waals surface area contributed by atoms with E-state index in [1.807, 2.05) is 54.8 Å². The first kappa shape index (κ1) is 19.1. The minimum Gasteiger partial charge on any atom is -0.467 e. The lowest BCUT2D eigenvalue weighted by Gasteiger charge is -2.09. The molecule has 0 unspecified atom stereocenters. The largest absolute Gasteiger partial charge is 0.467 e. The molecule has 0 radical (unpaired) electrons. The highest BCUT2D eigenvalue weighted by molar-refractivity contribution is 7.13. The number of benzene rings is 1. The molecule has 10 heteroatoms. The van der Waals surface area contributed by atoms with Gasteiger partial charge in [0.2, 0.25) is 11.9 Å². The third kappa shape index (κ3) is 4.33. The van der Waals surface area contributed by atoms with Gasteiger partial charge in [0.15, 0.2) is 0 Å². The van der Waals surface area contributed by atoms with Crippen LogP contribution in [0.3, 0.4) is 0 Å². The van der Waals surface area contributed by atoms with Crippen LogP contribution in [0.5, 0.6) is 6.01 Å². The van der Waals surface area contributed by atoms with Crippen molar-refractivity contribution in [2.75, 3.05) is 17.2 Å². The van der Waals surface area contributed by atoms with Gasteiger partial charge >= 0.3 is 6.01 Å². The van der Waals surface area contributed by atoms with E-state index in [2.05, 4.69) is 30.6 Å². The van der Waals surface area contributed by atoms with E-state index in [-0.39, 0.29) is 6.01 Å². The van der Waals surface area contributed by atoms with Crippen LogP contribution < -0.4 is 15.4 Å². The number of anilines is 3. The number of aromatic amines is 1. The zero-order chi connectivity index (χ0) is 21.0. The number of furan rings is 1. The summed E-state index contributed by atoms with van der Waals surface area (Å²) < 4.78 is 10.8. The number of hydrogen-bond acceptors (Lipinski definition) is 9. The summed E-state index contributed by atoms with van der Waals surface area (Å²) in [5, 5.41) is 8.38. The van der Waals surface area contributed by atoms with Crippen molar-refractivity contribution in [3.63, 3.8) is 0 Å². The quantitative estimate of drug-likeness (QED) is 0.319. The average Bonchev–Trinajstić information content (AvgIpc) is 3.53. The molecule has 9 nitrogen and oxygen atoms in total. The lowest BCUT2D eigenvalue weighted by Crippen LogP contribution is -2.09. The Morgan fingerprint density at radius 3 is 2.81 bits per heavy atom. The van der Waals surface area contributed by atoms with E-state index in [0.717, 1.165) is 33.2 Å². The Hall–Kier alpha value is -3.92. The fourth-order valence-corrected chi connectivity index (χ4v) is 3.68. The summed E-state index contributed by atoms with van der Waals surface area (Å²) in [6.45, 7) is 2.78. The predicted molar refractivity (Wildman–Crippen MR) is 120 cm³/mol. The second kappa shape index (κ2) is 8.44. The summed E-state index contributed by atoms with van der Waals surface area (Å²) in [7, 11) is 0. The van der Waals surface area contributed by atoms with Crippen LogP contribution in [0.2, 0.25) is 0 Å². The second-order valence-electron chi connectivity index (χ2n) is 6.55. The minimum absolute atomic E-state index is 0.239. The molecule has 5 rings (SSSR count). The molecule has 156 valence electrons. The predicted octanol–water partition coefficient (Wildman–Crippen LogP) is 4.82. The van der Waals surface area contributed by atoms with Crippen molar-refractivity contribution in [3.8, 4) is 16.7 Å². The number of ether oxygens (including phenoxy) is 1. The highest BCUT2D eigenvalue weighted by Crippen LogP contribution is 2.27. The Labute approximate surface area is 181 Å². The van der Waals surface area contributed by atoms with E-state index in [9.17, 15) is 0 Å². The monoisotopic (exact) mass is 433 g/mol. The van der Waals surface area contributed by atoms with Gasteiger partial charge in [-0.05, 0) is 48.7 Å². The van der Waals surface area contributed by atoms with Crippen LogP contribution in [0.15, 0.2) is 58.5 Å². The normalized spacial score (nSPS) is 11.0. The lowest BCUT2D eigenvalue weighted by molar-refractivity contribution is 0.312. The third-order valence-corrected chi connectivity index (χ3v) is 5.26. The number of thiophene rings is 1. The average molecular weight is 433 g/mol. The zero-order valence-electron chi connectivity index (χ0n) is 16.6. The number of rotatable bonds is 8. The van der Waals surface area contributed by atoms with Gasteiger partial charge in [-0.3, -0.25) is 0 Å². The van der Waals surface area contributed by atoms with E-state index in [1.165, 1.54) is 0 Å². The van der Waals surface area contributed by atoms with Crippen LogP contribution in [0.25, 0.3) is 21.7 Å². The zero-order valence-corrected chi connectivity index (χ0v) is 17.4. The molecule has 0 aliphatic rings. The van der Waals surface area contributed by atoms with Gasteiger partial charge in [0, 0.05) is 5.69 Å². The van der Waals surface area contributed by atoms with Crippen LogP contribution in [0.4, 0.5) is 17.6 Å². The fourth-order valence-electron chi connectivity index (χ4n) is 3.01. The van der Waals surface area contributed by atoms with E-state index in [1.54, 1.807) is 17.6 Å². The molecule has 0 amide bonds. The number of aromatic nitrogens is 5. The maximum Gasteiger partial charge on any atom is 0.323 e. The third-order valence-electron chi connectivity index (χ3n) is 4.38. The van der Waals surface area contributed by atoms with Crippen molar-refractivity contribution < 1.29 is 9.15 Å². The van der Waals surface area contributed by atoms with Crippen LogP contribution >= 0.6 is 11.3 Å². The molecule has 0 aliphatic heterocycles. The van der Waals surface area contributed by atoms with Gasteiger partial charge < -0.3 is 24.8 Å². The smallest absolute Gasteiger partial charge is 0.323 e. The topological polar surface area (TPSA) is 114 Å². The Kier molecular flexibility index (Phi) is 5.19. The van der Waals surface area contributed by atoms with Crippen molar-refractivity contribution in [2.45, 2.75) is 13.5 Å².